The van der Waals surface area contributed by atoms with E-state index in [0.717, 1.165) is 31.7 Å². The molecule has 1 aliphatic rings. The fraction of sp³-hybridized carbons (Fsp3) is 0.562. The Labute approximate surface area is 121 Å². The lowest BCUT2D eigenvalue weighted by molar-refractivity contribution is 0.0696. The van der Waals surface area contributed by atoms with Crippen LogP contribution in [0.3, 0.4) is 0 Å². The van der Waals surface area contributed by atoms with Crippen molar-refractivity contribution in [2.24, 2.45) is 0 Å². The SMILES string of the molecule is CCC1CN(Cc2ccc(C(=O)O)cc2C)CCN1C. The lowest BCUT2D eigenvalue weighted by Gasteiger charge is -2.39. The van der Waals surface area contributed by atoms with Crippen molar-refractivity contribution in [3.63, 3.8) is 0 Å². The molecular formula is C16H24N2O2. The molecule has 110 valence electrons. The fourth-order valence-corrected chi connectivity index (χ4v) is 2.84. The molecule has 20 heavy (non-hydrogen) atoms. The molecule has 1 fully saturated rings. The van der Waals surface area contributed by atoms with E-state index in [-0.39, 0.29) is 0 Å². The van der Waals surface area contributed by atoms with Crippen LogP contribution in [0.4, 0.5) is 0 Å². The molecule has 1 N–H and O–H groups in total. The Kier molecular flexibility index (Phi) is 4.78. The van der Waals surface area contributed by atoms with E-state index < -0.39 is 5.97 Å². The maximum absolute atomic E-state index is 11.0. The number of hydrogen-bond donors (Lipinski definition) is 1. The average molecular weight is 276 g/mol. The summed E-state index contributed by atoms with van der Waals surface area (Å²) in [5.74, 6) is -0.856. The molecule has 1 aromatic rings. The van der Waals surface area contributed by atoms with Crippen LogP contribution in [0.1, 0.15) is 34.8 Å². The van der Waals surface area contributed by atoms with Gasteiger partial charge in [-0.2, -0.15) is 0 Å². The van der Waals surface area contributed by atoms with Gasteiger partial charge in [0.2, 0.25) is 0 Å². The molecular weight excluding hydrogens is 252 g/mol. The molecule has 1 saturated heterocycles. The smallest absolute Gasteiger partial charge is 0.335 e. The predicted molar refractivity (Wildman–Crippen MR) is 80.1 cm³/mol. The predicted octanol–water partition coefficient (Wildman–Crippen LogP) is 2.22. The molecule has 4 nitrogen and oxygen atoms in total. The van der Waals surface area contributed by atoms with E-state index in [1.54, 1.807) is 12.1 Å². The summed E-state index contributed by atoms with van der Waals surface area (Å²) >= 11 is 0. The molecule has 4 heteroatoms. The summed E-state index contributed by atoms with van der Waals surface area (Å²) in [7, 11) is 2.19. The molecule has 0 amide bonds. The normalized spacial score (nSPS) is 21.1. The van der Waals surface area contributed by atoms with Crippen molar-refractivity contribution in [3.8, 4) is 0 Å². The minimum absolute atomic E-state index is 0.371. The van der Waals surface area contributed by atoms with Crippen molar-refractivity contribution < 1.29 is 9.90 Å². The number of carbonyl (C=O) groups is 1. The summed E-state index contributed by atoms with van der Waals surface area (Å²) in [6, 6.07) is 6.06. The Balaban J connectivity index is 2.05. The molecule has 1 aromatic carbocycles. The van der Waals surface area contributed by atoms with Crippen LogP contribution in [0.25, 0.3) is 0 Å². The number of rotatable bonds is 4. The van der Waals surface area contributed by atoms with Crippen molar-refractivity contribution >= 4 is 5.97 Å². The Hall–Kier alpha value is -1.39. The van der Waals surface area contributed by atoms with Crippen molar-refractivity contribution in [1.29, 1.82) is 0 Å². The number of likely N-dealkylation sites (N-methyl/N-ethyl adjacent to an activating group) is 1. The zero-order valence-electron chi connectivity index (χ0n) is 12.6. The van der Waals surface area contributed by atoms with E-state index in [0.29, 0.717) is 11.6 Å². The van der Waals surface area contributed by atoms with Gasteiger partial charge >= 0.3 is 5.97 Å². The van der Waals surface area contributed by atoms with Crippen molar-refractivity contribution in [3.05, 3.63) is 34.9 Å². The number of aryl methyl sites for hydroxylation is 1. The Morgan fingerprint density at radius 2 is 2.15 bits per heavy atom. The van der Waals surface area contributed by atoms with E-state index >= 15 is 0 Å². The molecule has 1 aliphatic heterocycles. The third-order valence-corrected chi connectivity index (χ3v) is 4.32. The first-order valence-corrected chi connectivity index (χ1v) is 7.26. The van der Waals surface area contributed by atoms with Crippen molar-refractivity contribution in [1.82, 2.24) is 9.80 Å². The first kappa shape index (κ1) is 15.0. The largest absolute Gasteiger partial charge is 0.478 e. The Bertz CT molecular complexity index is 487. The standard InChI is InChI=1S/C16H24N2O2/c1-4-15-11-18(8-7-17(15)3)10-14-6-5-13(16(19)20)9-12(14)2/h5-6,9,15H,4,7-8,10-11H2,1-3H3,(H,19,20). The second kappa shape index (κ2) is 6.37. The summed E-state index contributed by atoms with van der Waals surface area (Å²) in [5.41, 5.74) is 2.67. The van der Waals surface area contributed by atoms with Gasteiger partial charge in [0.05, 0.1) is 5.56 Å². The van der Waals surface area contributed by atoms with Crippen LogP contribution in [0.2, 0.25) is 0 Å². The molecule has 0 aromatic heterocycles. The summed E-state index contributed by atoms with van der Waals surface area (Å²) in [6.07, 6.45) is 1.17. The zero-order valence-corrected chi connectivity index (χ0v) is 12.6. The van der Waals surface area contributed by atoms with Crippen LogP contribution >= 0.6 is 0 Å². The fourth-order valence-electron chi connectivity index (χ4n) is 2.84. The number of hydrogen-bond acceptors (Lipinski definition) is 3. The van der Waals surface area contributed by atoms with Gasteiger partial charge in [0.15, 0.2) is 0 Å². The second-order valence-corrected chi connectivity index (χ2v) is 5.72. The second-order valence-electron chi connectivity index (χ2n) is 5.72. The van der Waals surface area contributed by atoms with Gasteiger partial charge in [0, 0.05) is 32.2 Å². The number of benzene rings is 1. The monoisotopic (exact) mass is 276 g/mol. The van der Waals surface area contributed by atoms with Gasteiger partial charge < -0.3 is 10.0 Å². The quantitative estimate of drug-likeness (QED) is 0.916. The average Bonchev–Trinajstić information content (AvgIpc) is 2.42. The first-order valence-electron chi connectivity index (χ1n) is 7.26. The molecule has 2 rings (SSSR count). The van der Waals surface area contributed by atoms with E-state index in [1.807, 2.05) is 13.0 Å². The number of carboxylic acid groups (broad SMARTS) is 1. The Morgan fingerprint density at radius 3 is 2.75 bits per heavy atom. The summed E-state index contributed by atoms with van der Waals surface area (Å²) < 4.78 is 0. The number of piperazine rings is 1. The van der Waals surface area contributed by atoms with Gasteiger partial charge in [-0.1, -0.05) is 13.0 Å². The lowest BCUT2D eigenvalue weighted by Crippen LogP contribution is -2.50. The van der Waals surface area contributed by atoms with Gasteiger partial charge in [-0.05, 0) is 43.7 Å². The van der Waals surface area contributed by atoms with Gasteiger partial charge in [-0.25, -0.2) is 4.79 Å². The van der Waals surface area contributed by atoms with E-state index in [9.17, 15) is 4.79 Å². The highest BCUT2D eigenvalue weighted by Crippen LogP contribution is 2.17. The highest BCUT2D eigenvalue weighted by molar-refractivity contribution is 5.87. The molecule has 0 saturated carbocycles. The van der Waals surface area contributed by atoms with Gasteiger partial charge in [-0.3, -0.25) is 4.90 Å². The van der Waals surface area contributed by atoms with Crippen LogP contribution in [0.5, 0.6) is 0 Å². The maximum atomic E-state index is 11.0. The molecule has 0 aliphatic carbocycles. The topological polar surface area (TPSA) is 43.8 Å². The molecule has 1 atom stereocenters. The number of aromatic carboxylic acids is 1. The van der Waals surface area contributed by atoms with Crippen LogP contribution in [-0.4, -0.2) is 53.6 Å². The summed E-state index contributed by atoms with van der Waals surface area (Å²) in [4.78, 5) is 15.9. The van der Waals surface area contributed by atoms with Crippen LogP contribution in [0.15, 0.2) is 18.2 Å². The van der Waals surface area contributed by atoms with Gasteiger partial charge in [0.25, 0.3) is 0 Å². The minimum atomic E-state index is -0.856. The van der Waals surface area contributed by atoms with Crippen molar-refractivity contribution in [2.75, 3.05) is 26.7 Å². The van der Waals surface area contributed by atoms with Crippen LogP contribution in [-0.2, 0) is 6.54 Å². The highest BCUT2D eigenvalue weighted by atomic mass is 16.4. The number of carboxylic acids is 1. The molecule has 1 heterocycles. The van der Waals surface area contributed by atoms with Gasteiger partial charge in [-0.15, -0.1) is 0 Å². The van der Waals surface area contributed by atoms with Crippen molar-refractivity contribution in [2.45, 2.75) is 32.9 Å². The highest BCUT2D eigenvalue weighted by Gasteiger charge is 2.23. The molecule has 1 unspecified atom stereocenters. The molecule has 0 bridgehead atoms. The zero-order chi connectivity index (χ0) is 14.7. The van der Waals surface area contributed by atoms with E-state index in [2.05, 4.69) is 23.8 Å². The third kappa shape index (κ3) is 3.38. The molecule has 0 radical (unpaired) electrons. The van der Waals surface area contributed by atoms with E-state index in [1.165, 1.54) is 12.0 Å². The number of nitrogens with zero attached hydrogens (tertiary/aromatic N) is 2. The maximum Gasteiger partial charge on any atom is 0.335 e. The van der Waals surface area contributed by atoms with Crippen LogP contribution < -0.4 is 0 Å². The lowest BCUT2D eigenvalue weighted by atomic mass is 10.0. The third-order valence-electron chi connectivity index (χ3n) is 4.32. The molecule has 0 spiro atoms. The summed E-state index contributed by atoms with van der Waals surface area (Å²) in [5, 5.41) is 9.00. The first-order chi connectivity index (χ1) is 9.51. The van der Waals surface area contributed by atoms with Gasteiger partial charge in [0.1, 0.15) is 0 Å². The van der Waals surface area contributed by atoms with Crippen LogP contribution in [0, 0.1) is 6.92 Å². The summed E-state index contributed by atoms with van der Waals surface area (Å²) in [6.45, 7) is 8.41. The minimum Gasteiger partial charge on any atom is -0.478 e. The van der Waals surface area contributed by atoms with E-state index in [4.69, 9.17) is 5.11 Å². The Morgan fingerprint density at radius 1 is 1.40 bits per heavy atom.